The molecule has 2 aromatic rings. The summed E-state index contributed by atoms with van der Waals surface area (Å²) in [5, 5.41) is 7.76. The van der Waals surface area contributed by atoms with Gasteiger partial charge >= 0.3 is 0 Å². The largest absolute Gasteiger partial charge is 0.325 e. The first-order valence-corrected chi connectivity index (χ1v) is 7.93. The number of anilines is 1. The van der Waals surface area contributed by atoms with Gasteiger partial charge in [0.1, 0.15) is 0 Å². The number of likely N-dealkylation sites (N-methyl/N-ethyl adjacent to an activating group) is 1. The minimum atomic E-state index is -0.0356. The number of aryl methyl sites for hydroxylation is 2. The van der Waals surface area contributed by atoms with E-state index in [1.54, 1.807) is 30.1 Å². The van der Waals surface area contributed by atoms with Crippen molar-refractivity contribution in [2.24, 2.45) is 0 Å². The molecule has 2 N–H and O–H groups in total. The molecule has 114 valence electrons. The number of hydrogen-bond acceptors (Lipinski definition) is 5. The molecule has 1 heterocycles. The third-order valence-corrected chi connectivity index (χ3v) is 4.66. The lowest BCUT2D eigenvalue weighted by molar-refractivity contribution is -0.115. The van der Waals surface area contributed by atoms with Crippen molar-refractivity contribution in [2.75, 3.05) is 18.9 Å². The summed E-state index contributed by atoms with van der Waals surface area (Å²) in [4.78, 5) is 17.1. The summed E-state index contributed by atoms with van der Waals surface area (Å²) in [6.07, 6.45) is 0. The maximum absolute atomic E-state index is 11.6. The van der Waals surface area contributed by atoms with E-state index in [2.05, 4.69) is 21.7 Å². The van der Waals surface area contributed by atoms with E-state index in [4.69, 9.17) is 0 Å². The van der Waals surface area contributed by atoms with Crippen molar-refractivity contribution in [3.05, 3.63) is 34.8 Å². The summed E-state index contributed by atoms with van der Waals surface area (Å²) >= 11 is 3.29. The van der Waals surface area contributed by atoms with Gasteiger partial charge in [-0.3, -0.25) is 4.79 Å². The molecule has 0 aliphatic rings. The number of hydrogen-bond donors (Lipinski definition) is 2. The summed E-state index contributed by atoms with van der Waals surface area (Å²) in [7, 11) is 1.75. The van der Waals surface area contributed by atoms with Gasteiger partial charge in [0, 0.05) is 21.7 Å². The number of carbonyl (C=O) groups is 1. The van der Waals surface area contributed by atoms with E-state index in [1.807, 2.05) is 31.4 Å². The van der Waals surface area contributed by atoms with E-state index in [1.165, 1.54) is 0 Å². The highest BCUT2D eigenvalue weighted by Crippen LogP contribution is 2.32. The van der Waals surface area contributed by atoms with Crippen molar-refractivity contribution < 1.29 is 4.79 Å². The van der Waals surface area contributed by atoms with Crippen LogP contribution in [0.4, 0.5) is 5.69 Å². The van der Waals surface area contributed by atoms with Crippen molar-refractivity contribution in [3.8, 4) is 0 Å². The molecule has 0 saturated carbocycles. The van der Waals surface area contributed by atoms with Crippen molar-refractivity contribution in [1.82, 2.24) is 10.3 Å². The van der Waals surface area contributed by atoms with Crippen LogP contribution in [0.15, 0.2) is 32.8 Å². The summed E-state index contributed by atoms with van der Waals surface area (Å²) < 4.78 is 1.04. The third-order valence-electron chi connectivity index (χ3n) is 2.61. The summed E-state index contributed by atoms with van der Waals surface area (Å²) in [5.74, 6) is -0.0356. The van der Waals surface area contributed by atoms with Gasteiger partial charge in [0.25, 0.3) is 0 Å². The number of aromatic nitrogens is 1. The molecule has 0 fully saturated rings. The molecule has 4 nitrogen and oxygen atoms in total. The Morgan fingerprint density at radius 1 is 1.38 bits per heavy atom. The van der Waals surface area contributed by atoms with Crippen LogP contribution in [-0.2, 0) is 4.79 Å². The normalized spacial score (nSPS) is 10.0. The van der Waals surface area contributed by atoms with Crippen molar-refractivity contribution >= 4 is 47.1 Å². The van der Waals surface area contributed by atoms with Gasteiger partial charge in [-0.15, -0.1) is 23.7 Å². The monoisotopic (exact) mass is 343 g/mol. The predicted molar refractivity (Wildman–Crippen MR) is 92.0 cm³/mol. The lowest BCUT2D eigenvalue weighted by atomic mass is 10.2. The molecular formula is C14H18ClN3OS2. The molecule has 0 atom stereocenters. The molecule has 7 heteroatoms. The number of benzene rings is 1. The second kappa shape index (κ2) is 8.38. The first kappa shape index (κ1) is 18.0. The number of carbonyl (C=O) groups excluding carboxylic acids is 1. The van der Waals surface area contributed by atoms with Crippen LogP contribution >= 0.6 is 35.5 Å². The Hall–Kier alpha value is -1.08. The number of rotatable bonds is 5. The third kappa shape index (κ3) is 5.32. The average Bonchev–Trinajstić information content (AvgIpc) is 2.78. The Balaban J connectivity index is 0.00000220. The molecule has 1 aromatic carbocycles. The maximum Gasteiger partial charge on any atom is 0.238 e. The Labute approximate surface area is 139 Å². The van der Waals surface area contributed by atoms with Gasteiger partial charge < -0.3 is 10.6 Å². The van der Waals surface area contributed by atoms with Gasteiger partial charge in [-0.2, -0.15) is 0 Å². The Morgan fingerprint density at radius 2 is 2.14 bits per heavy atom. The molecule has 21 heavy (non-hydrogen) atoms. The van der Waals surface area contributed by atoms with Crippen LogP contribution in [-0.4, -0.2) is 24.5 Å². The van der Waals surface area contributed by atoms with Gasteiger partial charge in [-0.1, -0.05) is 11.8 Å². The highest BCUT2D eigenvalue weighted by molar-refractivity contribution is 8.01. The molecule has 0 spiro atoms. The summed E-state index contributed by atoms with van der Waals surface area (Å²) in [5.41, 5.74) is 2.95. The minimum Gasteiger partial charge on any atom is -0.325 e. The molecule has 0 aliphatic carbocycles. The fourth-order valence-corrected chi connectivity index (χ4v) is 3.58. The molecule has 0 radical (unpaired) electrons. The smallest absolute Gasteiger partial charge is 0.238 e. The lowest BCUT2D eigenvalue weighted by Crippen LogP contribution is -2.25. The number of amides is 1. The van der Waals surface area contributed by atoms with Crippen molar-refractivity contribution in [1.29, 1.82) is 0 Å². The molecule has 0 aliphatic heterocycles. The van der Waals surface area contributed by atoms with E-state index < -0.39 is 0 Å². The molecule has 1 amide bonds. The molecule has 1 aromatic heterocycles. The van der Waals surface area contributed by atoms with Crippen LogP contribution in [0.5, 0.6) is 0 Å². The highest BCUT2D eigenvalue weighted by atomic mass is 35.5. The van der Waals surface area contributed by atoms with Crippen molar-refractivity contribution in [3.63, 3.8) is 0 Å². The van der Waals surface area contributed by atoms with E-state index in [0.29, 0.717) is 6.54 Å². The van der Waals surface area contributed by atoms with E-state index >= 15 is 0 Å². The average molecular weight is 344 g/mol. The van der Waals surface area contributed by atoms with Gasteiger partial charge in [-0.25, -0.2) is 4.98 Å². The fourth-order valence-electron chi connectivity index (χ4n) is 1.67. The second-order valence-electron chi connectivity index (χ2n) is 4.41. The highest BCUT2D eigenvalue weighted by Gasteiger charge is 2.06. The lowest BCUT2D eigenvalue weighted by Gasteiger charge is -2.09. The first-order valence-electron chi connectivity index (χ1n) is 6.23. The number of nitrogens with one attached hydrogen (secondary N) is 2. The quantitative estimate of drug-likeness (QED) is 0.872. The number of nitrogens with zero attached hydrogens (tertiary/aromatic N) is 1. The Bertz CT molecular complexity index is 616. The van der Waals surface area contributed by atoms with Crippen LogP contribution < -0.4 is 10.6 Å². The van der Waals surface area contributed by atoms with Gasteiger partial charge in [0.2, 0.25) is 5.91 Å². The van der Waals surface area contributed by atoms with E-state index in [9.17, 15) is 4.79 Å². The number of thiazole rings is 1. The SMILES string of the molecule is CNCC(=O)Nc1ccc(Sc2nc(C)cs2)cc1C.Cl. The summed E-state index contributed by atoms with van der Waals surface area (Å²) in [6, 6.07) is 6.01. The first-order chi connectivity index (χ1) is 9.58. The zero-order valence-electron chi connectivity index (χ0n) is 12.1. The predicted octanol–water partition coefficient (Wildman–Crippen LogP) is 3.49. The maximum atomic E-state index is 11.6. The molecular weight excluding hydrogens is 326 g/mol. The molecule has 2 rings (SSSR count). The van der Waals surface area contributed by atoms with E-state index in [0.717, 1.165) is 26.2 Å². The number of halogens is 1. The Kier molecular flexibility index (Phi) is 7.17. The zero-order chi connectivity index (χ0) is 14.5. The van der Waals surface area contributed by atoms with Crippen LogP contribution in [0.25, 0.3) is 0 Å². The zero-order valence-corrected chi connectivity index (χ0v) is 14.5. The van der Waals surface area contributed by atoms with Crippen LogP contribution in [0.3, 0.4) is 0 Å². The molecule has 0 bridgehead atoms. The van der Waals surface area contributed by atoms with E-state index in [-0.39, 0.29) is 18.3 Å². The van der Waals surface area contributed by atoms with Crippen LogP contribution in [0.1, 0.15) is 11.3 Å². The topological polar surface area (TPSA) is 54.0 Å². The van der Waals surface area contributed by atoms with Gasteiger partial charge in [0.15, 0.2) is 4.34 Å². The fraction of sp³-hybridized carbons (Fsp3) is 0.286. The van der Waals surface area contributed by atoms with Crippen LogP contribution in [0.2, 0.25) is 0 Å². The molecule has 0 saturated heterocycles. The van der Waals surface area contributed by atoms with Crippen molar-refractivity contribution in [2.45, 2.75) is 23.1 Å². The second-order valence-corrected chi connectivity index (χ2v) is 6.59. The van der Waals surface area contributed by atoms with Gasteiger partial charge in [0.05, 0.1) is 6.54 Å². The molecule has 0 unspecified atom stereocenters. The summed E-state index contributed by atoms with van der Waals surface area (Å²) in [6.45, 7) is 4.30. The van der Waals surface area contributed by atoms with Gasteiger partial charge in [-0.05, 0) is 44.7 Å². The Morgan fingerprint density at radius 3 is 2.71 bits per heavy atom. The van der Waals surface area contributed by atoms with Crippen LogP contribution in [0, 0.1) is 13.8 Å². The standard InChI is InChI=1S/C14H17N3OS2.ClH/c1-9-6-11(20-14-16-10(2)8-19-14)4-5-12(9)17-13(18)7-15-3;/h4-6,8,15H,7H2,1-3H3,(H,17,18);1H. The minimum absolute atomic E-state index is 0.